The van der Waals surface area contributed by atoms with Crippen LogP contribution in [-0.4, -0.2) is 32.0 Å². The molecule has 0 radical (unpaired) electrons. The van der Waals surface area contributed by atoms with Crippen molar-refractivity contribution < 1.29 is 14.6 Å². The molecule has 0 aromatic heterocycles. The maximum atomic E-state index is 11.4. The standard InChI is InChI=1S/C16H23NO3/c1-19-13-4-3-12-5-7-16(18,14(12)9-13)15(10-17)6-2-8-20-11-15/h3-4,9,18H,2,5-8,10-11,17H2,1H3. The second-order valence-electron chi connectivity index (χ2n) is 6.02. The molecule has 0 amide bonds. The normalized spacial score (nSPS) is 33.0. The van der Waals surface area contributed by atoms with Gasteiger partial charge < -0.3 is 20.3 Å². The minimum atomic E-state index is -0.897. The topological polar surface area (TPSA) is 64.7 Å². The Kier molecular flexibility index (Phi) is 3.48. The summed E-state index contributed by atoms with van der Waals surface area (Å²) in [5, 5.41) is 11.4. The molecule has 2 atom stereocenters. The van der Waals surface area contributed by atoms with Gasteiger partial charge in [0.05, 0.1) is 19.3 Å². The Morgan fingerprint density at radius 3 is 2.90 bits per heavy atom. The smallest absolute Gasteiger partial charge is 0.119 e. The highest BCUT2D eigenvalue weighted by Gasteiger charge is 2.54. The molecule has 2 unspecified atom stereocenters. The van der Waals surface area contributed by atoms with Crippen LogP contribution in [0.4, 0.5) is 0 Å². The van der Waals surface area contributed by atoms with Crippen molar-refractivity contribution in [3.63, 3.8) is 0 Å². The van der Waals surface area contributed by atoms with Crippen molar-refractivity contribution >= 4 is 0 Å². The summed E-state index contributed by atoms with van der Waals surface area (Å²) in [5.74, 6) is 0.785. The second kappa shape index (κ2) is 5.02. The molecule has 1 aliphatic heterocycles. The van der Waals surface area contributed by atoms with E-state index in [-0.39, 0.29) is 5.41 Å². The number of rotatable bonds is 3. The van der Waals surface area contributed by atoms with Gasteiger partial charge in [-0.3, -0.25) is 0 Å². The average Bonchev–Trinajstić information content (AvgIpc) is 2.86. The molecule has 4 nitrogen and oxygen atoms in total. The Bertz CT molecular complexity index is 496. The van der Waals surface area contributed by atoms with Gasteiger partial charge in [-0.15, -0.1) is 0 Å². The van der Waals surface area contributed by atoms with Gasteiger partial charge in [-0.1, -0.05) is 6.07 Å². The molecule has 1 aromatic rings. The summed E-state index contributed by atoms with van der Waals surface area (Å²) in [6, 6.07) is 5.98. The molecule has 0 saturated carbocycles. The lowest BCUT2D eigenvalue weighted by Gasteiger charge is -2.47. The van der Waals surface area contributed by atoms with Gasteiger partial charge in [-0.2, -0.15) is 0 Å². The molecule has 2 aliphatic rings. The minimum absolute atomic E-state index is 0.372. The molecule has 3 rings (SSSR count). The van der Waals surface area contributed by atoms with Crippen LogP contribution < -0.4 is 10.5 Å². The predicted octanol–water partition coefficient (Wildman–Crippen LogP) is 1.58. The van der Waals surface area contributed by atoms with Crippen LogP contribution in [0.3, 0.4) is 0 Å². The lowest BCUT2D eigenvalue weighted by atomic mass is 9.66. The van der Waals surface area contributed by atoms with Gasteiger partial charge in [0, 0.05) is 18.6 Å². The van der Waals surface area contributed by atoms with E-state index >= 15 is 0 Å². The summed E-state index contributed by atoms with van der Waals surface area (Å²) in [6.07, 6.45) is 3.48. The summed E-state index contributed by atoms with van der Waals surface area (Å²) in [6.45, 7) is 1.75. The highest BCUT2D eigenvalue weighted by molar-refractivity contribution is 5.44. The first-order chi connectivity index (χ1) is 9.65. The van der Waals surface area contributed by atoms with Crippen LogP contribution in [0.15, 0.2) is 18.2 Å². The van der Waals surface area contributed by atoms with Crippen LogP contribution in [0.25, 0.3) is 0 Å². The van der Waals surface area contributed by atoms with Crippen molar-refractivity contribution in [2.24, 2.45) is 11.1 Å². The van der Waals surface area contributed by atoms with Crippen molar-refractivity contribution in [1.29, 1.82) is 0 Å². The van der Waals surface area contributed by atoms with Crippen LogP contribution >= 0.6 is 0 Å². The number of hydrogen-bond donors (Lipinski definition) is 2. The molecular weight excluding hydrogens is 254 g/mol. The van der Waals surface area contributed by atoms with Gasteiger partial charge in [0.15, 0.2) is 0 Å². The molecule has 1 saturated heterocycles. The molecule has 0 spiro atoms. The summed E-state index contributed by atoms with van der Waals surface area (Å²) in [7, 11) is 1.65. The summed E-state index contributed by atoms with van der Waals surface area (Å²) < 4.78 is 11.0. The molecule has 4 heteroatoms. The van der Waals surface area contributed by atoms with Crippen molar-refractivity contribution in [2.75, 3.05) is 26.9 Å². The first kappa shape index (κ1) is 13.9. The van der Waals surface area contributed by atoms with Gasteiger partial charge in [-0.05, 0) is 48.9 Å². The first-order valence-corrected chi connectivity index (χ1v) is 7.33. The van der Waals surface area contributed by atoms with E-state index in [4.69, 9.17) is 15.2 Å². The zero-order valence-electron chi connectivity index (χ0n) is 12.0. The molecule has 3 N–H and O–H groups in total. The Morgan fingerprint density at radius 1 is 1.40 bits per heavy atom. The third-order valence-corrected chi connectivity index (χ3v) is 5.11. The zero-order valence-corrected chi connectivity index (χ0v) is 12.0. The molecule has 0 bridgehead atoms. The van der Waals surface area contributed by atoms with Crippen molar-refractivity contribution in [1.82, 2.24) is 0 Å². The second-order valence-corrected chi connectivity index (χ2v) is 6.02. The lowest BCUT2D eigenvalue weighted by Crippen LogP contribution is -2.54. The maximum absolute atomic E-state index is 11.4. The monoisotopic (exact) mass is 277 g/mol. The highest BCUT2D eigenvalue weighted by Crippen LogP contribution is 2.52. The largest absolute Gasteiger partial charge is 0.497 e. The predicted molar refractivity (Wildman–Crippen MR) is 76.8 cm³/mol. The van der Waals surface area contributed by atoms with Gasteiger partial charge >= 0.3 is 0 Å². The number of benzene rings is 1. The summed E-state index contributed by atoms with van der Waals surface area (Å²) in [4.78, 5) is 0. The van der Waals surface area contributed by atoms with Crippen LogP contribution in [-0.2, 0) is 16.8 Å². The van der Waals surface area contributed by atoms with Gasteiger partial charge in [0.2, 0.25) is 0 Å². The van der Waals surface area contributed by atoms with Gasteiger partial charge in [0.1, 0.15) is 5.75 Å². The number of fused-ring (bicyclic) bond motifs is 1. The van der Waals surface area contributed by atoms with E-state index in [0.29, 0.717) is 13.2 Å². The molecule has 1 aliphatic carbocycles. The first-order valence-electron chi connectivity index (χ1n) is 7.33. The number of ether oxygens (including phenoxy) is 2. The number of methoxy groups -OCH3 is 1. The zero-order chi connectivity index (χ0) is 14.2. The Labute approximate surface area is 119 Å². The quantitative estimate of drug-likeness (QED) is 0.880. The van der Waals surface area contributed by atoms with Crippen LogP contribution in [0.1, 0.15) is 30.4 Å². The van der Waals surface area contributed by atoms with E-state index in [0.717, 1.165) is 43.6 Å². The van der Waals surface area contributed by atoms with Crippen LogP contribution in [0.2, 0.25) is 0 Å². The third-order valence-electron chi connectivity index (χ3n) is 5.11. The van der Waals surface area contributed by atoms with Crippen molar-refractivity contribution in [3.05, 3.63) is 29.3 Å². The van der Waals surface area contributed by atoms with Crippen molar-refractivity contribution in [2.45, 2.75) is 31.3 Å². The average molecular weight is 277 g/mol. The molecule has 110 valence electrons. The van der Waals surface area contributed by atoms with Crippen LogP contribution in [0, 0.1) is 5.41 Å². The number of nitrogens with two attached hydrogens (primary N) is 1. The number of hydrogen-bond acceptors (Lipinski definition) is 4. The van der Waals surface area contributed by atoms with Crippen molar-refractivity contribution in [3.8, 4) is 5.75 Å². The SMILES string of the molecule is COc1ccc2c(c1)C(O)(C1(CN)CCCOC1)CC2. The fourth-order valence-electron chi connectivity index (χ4n) is 3.79. The van der Waals surface area contributed by atoms with E-state index in [2.05, 4.69) is 6.07 Å². The Hall–Kier alpha value is -1.10. The van der Waals surface area contributed by atoms with E-state index in [1.54, 1.807) is 7.11 Å². The minimum Gasteiger partial charge on any atom is -0.497 e. The Morgan fingerprint density at radius 2 is 2.25 bits per heavy atom. The fourth-order valence-corrected chi connectivity index (χ4v) is 3.79. The maximum Gasteiger partial charge on any atom is 0.119 e. The lowest BCUT2D eigenvalue weighted by molar-refractivity contribution is -0.148. The molecule has 1 fully saturated rings. The molecule has 1 heterocycles. The van der Waals surface area contributed by atoms with E-state index < -0.39 is 5.60 Å². The van der Waals surface area contributed by atoms with E-state index in [9.17, 15) is 5.11 Å². The van der Waals surface area contributed by atoms with Crippen LogP contribution in [0.5, 0.6) is 5.75 Å². The fraction of sp³-hybridized carbons (Fsp3) is 0.625. The highest BCUT2D eigenvalue weighted by atomic mass is 16.5. The molecule has 1 aromatic carbocycles. The number of aryl methyl sites for hydroxylation is 1. The van der Waals surface area contributed by atoms with Gasteiger partial charge in [0.25, 0.3) is 0 Å². The Balaban J connectivity index is 2.05. The van der Waals surface area contributed by atoms with E-state index in [1.165, 1.54) is 5.56 Å². The summed E-state index contributed by atoms with van der Waals surface area (Å²) >= 11 is 0. The summed E-state index contributed by atoms with van der Waals surface area (Å²) in [5.41, 5.74) is 6.97. The number of aliphatic hydroxyl groups is 1. The van der Waals surface area contributed by atoms with Gasteiger partial charge in [-0.25, -0.2) is 0 Å². The molecule has 20 heavy (non-hydrogen) atoms. The third kappa shape index (κ3) is 1.86. The van der Waals surface area contributed by atoms with E-state index in [1.807, 2.05) is 12.1 Å². The molecular formula is C16H23NO3.